The molecule has 0 spiro atoms. The molecule has 7 heteroatoms. The lowest BCUT2D eigenvalue weighted by molar-refractivity contribution is -0.146. The maximum Gasteiger partial charge on any atom is 0.398 e. The molecule has 0 saturated heterocycles. The van der Waals surface area contributed by atoms with Gasteiger partial charge in [0.2, 0.25) is 0 Å². The quantitative estimate of drug-likeness (QED) is 0.0636. The Balaban J connectivity index is 3.72. The molecule has 0 saturated carbocycles. The standard InChI is InChI=1S/C26H50O6S/c1-3-5-7-9-10-11-12-13-14-15-16-17-18-19-20-22-24-31-26(27)25(32-33(28,29)30)23-21-8-6-4-2/h22,24-25H,3-21,23H2,1-2H3,(H,28,29,30). The van der Waals surface area contributed by atoms with Crippen molar-refractivity contribution in [2.24, 2.45) is 0 Å². The van der Waals surface area contributed by atoms with Gasteiger partial charge in [-0.2, -0.15) is 8.42 Å². The van der Waals surface area contributed by atoms with Crippen molar-refractivity contribution < 1.29 is 26.7 Å². The highest BCUT2D eigenvalue weighted by molar-refractivity contribution is 7.80. The van der Waals surface area contributed by atoms with E-state index in [0.29, 0.717) is 6.42 Å². The molecule has 196 valence electrons. The van der Waals surface area contributed by atoms with Crippen molar-refractivity contribution in [1.29, 1.82) is 0 Å². The van der Waals surface area contributed by atoms with Crippen LogP contribution in [0.25, 0.3) is 0 Å². The van der Waals surface area contributed by atoms with Gasteiger partial charge in [0.05, 0.1) is 6.26 Å². The summed E-state index contributed by atoms with van der Waals surface area (Å²) in [5.41, 5.74) is 0. The zero-order chi connectivity index (χ0) is 24.6. The van der Waals surface area contributed by atoms with Crippen LogP contribution in [-0.4, -0.2) is 25.0 Å². The number of carbonyl (C=O) groups excluding carboxylic acids is 1. The van der Waals surface area contributed by atoms with Crippen LogP contribution < -0.4 is 0 Å². The molecule has 0 bridgehead atoms. The summed E-state index contributed by atoms with van der Waals surface area (Å²) in [6, 6.07) is 0. The Morgan fingerprint density at radius 1 is 0.727 bits per heavy atom. The third kappa shape index (κ3) is 24.0. The molecule has 1 N–H and O–H groups in total. The van der Waals surface area contributed by atoms with Gasteiger partial charge in [0.25, 0.3) is 0 Å². The number of rotatable bonds is 24. The second kappa shape index (κ2) is 22.9. The van der Waals surface area contributed by atoms with E-state index in [9.17, 15) is 13.2 Å². The summed E-state index contributed by atoms with van der Waals surface area (Å²) in [6.07, 6.45) is 24.7. The third-order valence-electron chi connectivity index (χ3n) is 5.83. The SMILES string of the molecule is CCCCCCCCCCCCCCCCC=COC(=O)C(CCCCCC)OS(=O)(=O)O. The summed E-state index contributed by atoms with van der Waals surface area (Å²) in [6.45, 7) is 4.32. The molecule has 0 radical (unpaired) electrons. The van der Waals surface area contributed by atoms with E-state index in [1.54, 1.807) is 6.08 Å². The minimum absolute atomic E-state index is 0.200. The summed E-state index contributed by atoms with van der Waals surface area (Å²) >= 11 is 0. The molecule has 0 amide bonds. The Labute approximate surface area is 203 Å². The van der Waals surface area contributed by atoms with Crippen LogP contribution in [0.1, 0.15) is 142 Å². The van der Waals surface area contributed by atoms with Crippen molar-refractivity contribution in [3.05, 3.63) is 12.3 Å². The average Bonchev–Trinajstić information content (AvgIpc) is 2.77. The molecule has 6 nitrogen and oxygen atoms in total. The second-order valence-corrected chi connectivity index (χ2v) is 10.1. The third-order valence-corrected chi connectivity index (χ3v) is 6.30. The van der Waals surface area contributed by atoms with E-state index in [1.807, 2.05) is 0 Å². The van der Waals surface area contributed by atoms with Crippen LogP contribution in [0.3, 0.4) is 0 Å². The Morgan fingerprint density at radius 3 is 1.61 bits per heavy atom. The van der Waals surface area contributed by atoms with Crippen LogP contribution in [0.15, 0.2) is 12.3 Å². The van der Waals surface area contributed by atoms with E-state index in [1.165, 1.54) is 83.3 Å². The Morgan fingerprint density at radius 2 is 1.15 bits per heavy atom. The van der Waals surface area contributed by atoms with E-state index < -0.39 is 22.5 Å². The smallest absolute Gasteiger partial charge is 0.398 e. The molecule has 0 aromatic carbocycles. The number of hydrogen-bond acceptors (Lipinski definition) is 5. The van der Waals surface area contributed by atoms with Crippen molar-refractivity contribution in [3.63, 3.8) is 0 Å². The molecular formula is C26H50O6S. The first kappa shape index (κ1) is 32.1. The number of hydrogen-bond donors (Lipinski definition) is 1. The zero-order valence-corrected chi connectivity index (χ0v) is 22.1. The van der Waals surface area contributed by atoms with E-state index in [-0.39, 0.29) is 6.42 Å². The Bertz CT molecular complexity index is 573. The molecule has 1 unspecified atom stereocenters. The molecule has 0 aliphatic carbocycles. The molecule has 0 fully saturated rings. The van der Waals surface area contributed by atoms with Gasteiger partial charge in [-0.1, -0.05) is 123 Å². The molecule has 33 heavy (non-hydrogen) atoms. The fourth-order valence-corrected chi connectivity index (χ4v) is 4.29. The molecule has 0 rings (SSSR count). The summed E-state index contributed by atoms with van der Waals surface area (Å²) < 4.78 is 40.3. The van der Waals surface area contributed by atoms with Gasteiger partial charge in [0.1, 0.15) is 0 Å². The maximum atomic E-state index is 12.1. The van der Waals surface area contributed by atoms with Gasteiger partial charge in [-0.15, -0.1) is 0 Å². The highest BCUT2D eigenvalue weighted by Crippen LogP contribution is 2.14. The summed E-state index contributed by atoms with van der Waals surface area (Å²) in [7, 11) is -4.70. The Kier molecular flexibility index (Phi) is 22.2. The van der Waals surface area contributed by atoms with Crippen molar-refractivity contribution in [1.82, 2.24) is 0 Å². The normalized spacial score (nSPS) is 12.9. The van der Waals surface area contributed by atoms with E-state index in [4.69, 9.17) is 9.29 Å². The molecule has 0 aromatic rings. The number of ether oxygens (including phenoxy) is 1. The Hall–Kier alpha value is -0.920. The predicted octanol–water partition coefficient (Wildman–Crippen LogP) is 8.07. The fourth-order valence-electron chi connectivity index (χ4n) is 3.82. The van der Waals surface area contributed by atoms with Gasteiger partial charge in [-0.25, -0.2) is 8.98 Å². The van der Waals surface area contributed by atoms with Crippen LogP contribution in [0.4, 0.5) is 0 Å². The van der Waals surface area contributed by atoms with Crippen LogP contribution in [0, 0.1) is 0 Å². The fraction of sp³-hybridized carbons (Fsp3) is 0.885. The second-order valence-electron chi connectivity index (χ2n) is 9.06. The van der Waals surface area contributed by atoms with Crippen molar-refractivity contribution in [3.8, 4) is 0 Å². The van der Waals surface area contributed by atoms with Gasteiger partial charge < -0.3 is 4.74 Å². The number of carbonyl (C=O) groups is 1. The van der Waals surface area contributed by atoms with Crippen LogP contribution in [0.5, 0.6) is 0 Å². The highest BCUT2D eigenvalue weighted by atomic mass is 32.3. The van der Waals surface area contributed by atoms with E-state index >= 15 is 0 Å². The van der Waals surface area contributed by atoms with Crippen molar-refractivity contribution in [2.75, 3.05) is 0 Å². The van der Waals surface area contributed by atoms with Gasteiger partial charge in [-0.05, 0) is 25.3 Å². The monoisotopic (exact) mass is 490 g/mol. The predicted molar refractivity (Wildman–Crippen MR) is 135 cm³/mol. The van der Waals surface area contributed by atoms with Crippen molar-refractivity contribution >= 4 is 16.4 Å². The summed E-state index contributed by atoms with van der Waals surface area (Å²) in [5, 5.41) is 0. The molecule has 0 aliphatic heterocycles. The topological polar surface area (TPSA) is 89.9 Å². The molecule has 0 heterocycles. The first-order chi connectivity index (χ1) is 15.9. The molecule has 1 atom stereocenters. The maximum absolute atomic E-state index is 12.1. The lowest BCUT2D eigenvalue weighted by Gasteiger charge is -2.12. The minimum Gasteiger partial charge on any atom is -0.433 e. The first-order valence-corrected chi connectivity index (χ1v) is 14.8. The number of esters is 1. The van der Waals surface area contributed by atoms with Gasteiger partial charge in [-0.3, -0.25) is 4.55 Å². The van der Waals surface area contributed by atoms with Crippen LogP contribution in [-0.2, 0) is 24.1 Å². The van der Waals surface area contributed by atoms with Gasteiger partial charge in [0.15, 0.2) is 6.10 Å². The van der Waals surface area contributed by atoms with Gasteiger partial charge in [0, 0.05) is 0 Å². The van der Waals surface area contributed by atoms with E-state index in [2.05, 4.69) is 18.0 Å². The van der Waals surface area contributed by atoms with E-state index in [0.717, 1.165) is 38.5 Å². The highest BCUT2D eigenvalue weighted by Gasteiger charge is 2.25. The summed E-state index contributed by atoms with van der Waals surface area (Å²) in [4.78, 5) is 12.1. The molecular weight excluding hydrogens is 440 g/mol. The lowest BCUT2D eigenvalue weighted by atomic mass is 10.0. The summed E-state index contributed by atoms with van der Waals surface area (Å²) in [5.74, 6) is -0.790. The molecule has 0 aliphatic rings. The van der Waals surface area contributed by atoms with Gasteiger partial charge >= 0.3 is 16.4 Å². The minimum atomic E-state index is -4.70. The first-order valence-electron chi connectivity index (χ1n) is 13.4. The zero-order valence-electron chi connectivity index (χ0n) is 21.3. The van der Waals surface area contributed by atoms with Crippen LogP contribution in [0.2, 0.25) is 0 Å². The number of unbranched alkanes of at least 4 members (excludes halogenated alkanes) is 17. The molecule has 0 aromatic heterocycles. The van der Waals surface area contributed by atoms with Crippen LogP contribution >= 0.6 is 0 Å². The average molecular weight is 491 g/mol. The van der Waals surface area contributed by atoms with Crippen molar-refractivity contribution in [2.45, 2.75) is 148 Å². The lowest BCUT2D eigenvalue weighted by Crippen LogP contribution is -2.28. The number of allylic oxidation sites excluding steroid dienone is 1. The largest absolute Gasteiger partial charge is 0.433 e.